The van der Waals surface area contributed by atoms with Gasteiger partial charge in [-0.2, -0.15) is 0 Å². The van der Waals surface area contributed by atoms with Crippen LogP contribution >= 0.6 is 0 Å². The van der Waals surface area contributed by atoms with Crippen molar-refractivity contribution in [3.63, 3.8) is 0 Å². The Morgan fingerprint density at radius 1 is 0.870 bits per heavy atom. The number of aliphatic hydroxyl groups is 4. The fourth-order valence-electron chi connectivity index (χ4n) is 13.7. The Hall–Kier alpha value is -1.52. The summed E-state index contributed by atoms with van der Waals surface area (Å²) >= 11 is 0. The molecule has 46 heavy (non-hydrogen) atoms. The van der Waals surface area contributed by atoms with Crippen molar-refractivity contribution in [1.82, 2.24) is 0 Å². The van der Waals surface area contributed by atoms with Crippen LogP contribution in [0.15, 0.2) is 12.2 Å². The summed E-state index contributed by atoms with van der Waals surface area (Å²) in [6.07, 6.45) is 0.521. The van der Waals surface area contributed by atoms with Gasteiger partial charge < -0.3 is 35.0 Å². The van der Waals surface area contributed by atoms with Gasteiger partial charge in [-0.15, -0.1) is 0 Å². The SMILES string of the molecule is C=C(C)[C@@H]1CC[C@]2(C(=O)O)CC[C@]3(C)C(CCC4[C@@]5(C)CC[C@H]([C@H](O)[C@@H]6OC(OC=O)[C@@H](O)[C@H](O)C6O)C(C)(C)C5CC[C@]43C)C12. The van der Waals surface area contributed by atoms with Gasteiger partial charge >= 0.3 is 5.97 Å². The number of allylic oxidation sites excluding steroid dienone is 1. The highest BCUT2D eigenvalue weighted by molar-refractivity contribution is 5.76. The van der Waals surface area contributed by atoms with E-state index in [0.717, 1.165) is 63.4 Å². The van der Waals surface area contributed by atoms with Gasteiger partial charge in [0.05, 0.1) is 11.5 Å². The summed E-state index contributed by atoms with van der Waals surface area (Å²) in [5.41, 5.74) is 0.250. The Labute approximate surface area is 274 Å². The third-order valence-electron chi connectivity index (χ3n) is 16.2. The van der Waals surface area contributed by atoms with E-state index in [2.05, 4.69) is 48.1 Å². The number of aliphatic carboxylic acids is 1. The van der Waals surface area contributed by atoms with E-state index < -0.39 is 48.2 Å². The second kappa shape index (κ2) is 11.3. The molecule has 6 unspecified atom stereocenters. The molecule has 6 aliphatic rings. The maximum atomic E-state index is 13.0. The van der Waals surface area contributed by atoms with Gasteiger partial charge in [0.15, 0.2) is 0 Å². The molecule has 0 bridgehead atoms. The molecular weight excluding hydrogens is 588 g/mol. The highest BCUT2D eigenvalue weighted by Gasteiger charge is 2.72. The largest absolute Gasteiger partial charge is 0.481 e. The van der Waals surface area contributed by atoms with Crippen LogP contribution in [0.25, 0.3) is 0 Å². The van der Waals surface area contributed by atoms with E-state index in [9.17, 15) is 35.1 Å². The van der Waals surface area contributed by atoms with Gasteiger partial charge in [0.25, 0.3) is 6.47 Å². The Bertz CT molecular complexity index is 1240. The molecule has 1 aliphatic heterocycles. The lowest BCUT2D eigenvalue weighted by atomic mass is 9.31. The summed E-state index contributed by atoms with van der Waals surface area (Å²) in [6, 6.07) is 0. The fourth-order valence-corrected chi connectivity index (χ4v) is 13.7. The van der Waals surface area contributed by atoms with Gasteiger partial charge in [-0.05, 0) is 128 Å². The summed E-state index contributed by atoms with van der Waals surface area (Å²) in [4.78, 5) is 24.0. The van der Waals surface area contributed by atoms with Gasteiger partial charge in [0.1, 0.15) is 24.4 Å². The van der Waals surface area contributed by atoms with Crippen LogP contribution in [-0.4, -0.2) is 74.8 Å². The number of carboxylic acids is 1. The minimum absolute atomic E-state index is 0.0103. The van der Waals surface area contributed by atoms with E-state index in [1.807, 2.05) is 0 Å². The standard InChI is InChI=1S/C37H58O9/c1-19(2)20-10-15-37(32(43)44)17-16-35(6)21(25(20)37)8-9-24-34(5)13-11-22(33(3,4)23(34)12-14-36(24,35)7)26(39)30-28(41)27(40)29(42)31(46-30)45-18-38/h18,20-31,39-42H,1,8-17H2,2-7H3,(H,43,44)/t20-,21?,22+,23?,24?,25?,26-,27+,28?,29-,30-,31?,34-,35+,36+,37-/m0/s1. The van der Waals surface area contributed by atoms with Crippen molar-refractivity contribution in [2.45, 2.75) is 143 Å². The molecule has 5 aliphatic carbocycles. The number of ether oxygens (including phenoxy) is 2. The Balaban J connectivity index is 1.28. The predicted molar refractivity (Wildman–Crippen MR) is 170 cm³/mol. The monoisotopic (exact) mass is 646 g/mol. The van der Waals surface area contributed by atoms with Crippen molar-refractivity contribution in [3.05, 3.63) is 12.2 Å². The maximum Gasteiger partial charge on any atom is 0.309 e. The lowest BCUT2D eigenvalue weighted by molar-refractivity contribution is -0.309. The second-order valence-corrected chi connectivity index (χ2v) is 17.8. The first-order chi connectivity index (χ1) is 21.4. The molecule has 5 saturated carbocycles. The zero-order valence-corrected chi connectivity index (χ0v) is 28.7. The Morgan fingerprint density at radius 2 is 1.57 bits per heavy atom. The molecule has 1 heterocycles. The molecule has 1 saturated heterocycles. The molecule has 6 rings (SSSR count). The van der Waals surface area contributed by atoms with Crippen molar-refractivity contribution < 1.29 is 44.6 Å². The summed E-state index contributed by atoms with van der Waals surface area (Å²) in [5, 5.41) is 54.1. The minimum atomic E-state index is -1.62. The van der Waals surface area contributed by atoms with E-state index in [4.69, 9.17) is 9.47 Å². The summed E-state index contributed by atoms with van der Waals surface area (Å²) in [6.45, 7) is 18.5. The molecule has 6 fully saturated rings. The van der Waals surface area contributed by atoms with Crippen LogP contribution in [0.4, 0.5) is 0 Å². The van der Waals surface area contributed by atoms with Crippen LogP contribution in [-0.2, 0) is 19.1 Å². The van der Waals surface area contributed by atoms with Crippen LogP contribution in [0.1, 0.15) is 106 Å². The van der Waals surface area contributed by atoms with E-state index in [1.165, 1.54) is 0 Å². The molecule has 0 spiro atoms. The number of fused-ring (bicyclic) bond motifs is 7. The first-order valence-corrected chi connectivity index (χ1v) is 17.8. The summed E-state index contributed by atoms with van der Waals surface area (Å²) < 4.78 is 10.6. The maximum absolute atomic E-state index is 13.0. The van der Waals surface area contributed by atoms with Crippen LogP contribution in [0.3, 0.4) is 0 Å². The fraction of sp³-hybridized carbons (Fsp3) is 0.892. The highest BCUT2D eigenvalue weighted by Crippen LogP contribution is 2.78. The van der Waals surface area contributed by atoms with Gasteiger partial charge in [-0.1, -0.05) is 46.8 Å². The third-order valence-corrected chi connectivity index (χ3v) is 16.2. The predicted octanol–water partition coefficient (Wildman–Crippen LogP) is 4.69. The zero-order chi connectivity index (χ0) is 33.8. The van der Waals surface area contributed by atoms with Gasteiger partial charge in [-0.25, -0.2) is 0 Å². The van der Waals surface area contributed by atoms with Crippen molar-refractivity contribution >= 4 is 12.4 Å². The van der Waals surface area contributed by atoms with Crippen LogP contribution in [0.5, 0.6) is 0 Å². The third kappa shape index (κ3) is 4.43. The lowest BCUT2D eigenvalue weighted by Crippen LogP contribution is -2.68. The van der Waals surface area contributed by atoms with E-state index in [0.29, 0.717) is 24.2 Å². The van der Waals surface area contributed by atoms with Gasteiger partial charge in [0, 0.05) is 0 Å². The number of rotatable bonds is 6. The second-order valence-electron chi connectivity index (χ2n) is 17.8. The smallest absolute Gasteiger partial charge is 0.309 e. The van der Waals surface area contributed by atoms with E-state index in [1.54, 1.807) is 0 Å². The molecule has 0 aromatic carbocycles. The number of carbonyl (C=O) groups is 2. The molecule has 9 nitrogen and oxygen atoms in total. The quantitative estimate of drug-likeness (QED) is 0.204. The molecular formula is C37H58O9. The summed E-state index contributed by atoms with van der Waals surface area (Å²) in [7, 11) is 0. The number of hydrogen-bond acceptors (Lipinski definition) is 8. The van der Waals surface area contributed by atoms with E-state index >= 15 is 0 Å². The average Bonchev–Trinajstić information content (AvgIpc) is 3.39. The zero-order valence-electron chi connectivity index (χ0n) is 28.7. The van der Waals surface area contributed by atoms with Crippen LogP contribution in [0, 0.1) is 62.6 Å². The molecule has 0 aromatic heterocycles. The number of carbonyl (C=O) groups excluding carboxylic acids is 1. The molecule has 0 amide bonds. The normalized spacial score (nSPS) is 53.5. The summed E-state index contributed by atoms with van der Waals surface area (Å²) in [5.74, 6) is 0.637. The molecule has 5 N–H and O–H groups in total. The van der Waals surface area contributed by atoms with Crippen LogP contribution < -0.4 is 0 Å². The Kier molecular flexibility index (Phi) is 8.41. The average molecular weight is 647 g/mol. The molecule has 16 atom stereocenters. The molecule has 0 radical (unpaired) electrons. The molecule has 9 heteroatoms. The number of hydrogen-bond donors (Lipinski definition) is 5. The minimum Gasteiger partial charge on any atom is -0.481 e. The lowest BCUT2D eigenvalue weighted by Gasteiger charge is -2.73. The number of carboxylic acid groups (broad SMARTS) is 1. The van der Waals surface area contributed by atoms with Gasteiger partial charge in [-0.3, -0.25) is 9.59 Å². The molecule has 0 aromatic rings. The number of aliphatic hydroxyl groups excluding tert-OH is 4. The first-order valence-electron chi connectivity index (χ1n) is 17.8. The topological polar surface area (TPSA) is 154 Å². The first kappa shape index (κ1) is 34.3. The highest BCUT2D eigenvalue weighted by atomic mass is 16.7. The Morgan fingerprint density at radius 3 is 2.20 bits per heavy atom. The van der Waals surface area contributed by atoms with E-state index in [-0.39, 0.29) is 45.9 Å². The van der Waals surface area contributed by atoms with Gasteiger partial charge in [0.2, 0.25) is 6.29 Å². The van der Waals surface area contributed by atoms with Crippen molar-refractivity contribution in [2.24, 2.45) is 62.6 Å². The van der Waals surface area contributed by atoms with Crippen LogP contribution in [0.2, 0.25) is 0 Å². The van der Waals surface area contributed by atoms with Crippen molar-refractivity contribution in [2.75, 3.05) is 0 Å². The van der Waals surface area contributed by atoms with Crippen molar-refractivity contribution in [3.8, 4) is 0 Å². The van der Waals surface area contributed by atoms with Crippen molar-refractivity contribution in [1.29, 1.82) is 0 Å². The molecule has 260 valence electrons.